The van der Waals surface area contributed by atoms with Gasteiger partial charge < -0.3 is 5.73 Å². The first-order chi connectivity index (χ1) is 8.44. The summed E-state index contributed by atoms with van der Waals surface area (Å²) in [4.78, 5) is 1.32. The Kier molecular flexibility index (Phi) is 5.62. The Labute approximate surface area is 106 Å². The lowest BCUT2D eigenvalue weighted by Gasteiger charge is -2.23. The van der Waals surface area contributed by atoms with Crippen LogP contribution >= 0.6 is 0 Å². The Morgan fingerprint density at radius 3 is 2.11 bits per heavy atom. The first-order valence-electron chi connectivity index (χ1n) is 6.01. The molecule has 0 unspecified atom stereocenters. The zero-order valence-electron chi connectivity index (χ0n) is 10.5. The number of nitrogens with zero attached hydrogens (tertiary/aromatic N) is 1. The molecular weight excluding hydrogens is 241 g/mol. The van der Waals surface area contributed by atoms with Gasteiger partial charge in [0, 0.05) is 19.6 Å². The van der Waals surface area contributed by atoms with Crippen LogP contribution in [0.5, 0.6) is 0 Å². The van der Waals surface area contributed by atoms with Crippen molar-refractivity contribution in [3.8, 4) is 0 Å². The van der Waals surface area contributed by atoms with E-state index in [0.29, 0.717) is 0 Å². The van der Waals surface area contributed by atoms with Crippen LogP contribution in [-0.2, 0) is 13.0 Å². The van der Waals surface area contributed by atoms with E-state index >= 15 is 0 Å². The highest BCUT2D eigenvalue weighted by molar-refractivity contribution is 5.22. The van der Waals surface area contributed by atoms with Crippen LogP contribution in [-0.4, -0.2) is 30.7 Å². The molecule has 2 nitrogen and oxygen atoms in total. The van der Waals surface area contributed by atoms with Gasteiger partial charge in [-0.25, -0.2) is 0 Å². The molecule has 0 heterocycles. The first kappa shape index (κ1) is 15.0. The number of rotatable bonds is 6. The van der Waals surface area contributed by atoms with Gasteiger partial charge in [0.25, 0.3) is 0 Å². The van der Waals surface area contributed by atoms with Crippen molar-refractivity contribution in [2.24, 2.45) is 5.73 Å². The summed E-state index contributed by atoms with van der Waals surface area (Å²) in [5.41, 5.74) is 7.40. The van der Waals surface area contributed by atoms with Crippen molar-refractivity contribution >= 4 is 0 Å². The molecule has 0 aliphatic carbocycles. The number of hydrogen-bond donors (Lipinski definition) is 1. The minimum absolute atomic E-state index is 0.225. The van der Waals surface area contributed by atoms with E-state index in [1.165, 1.54) is 10.5 Å². The average molecular weight is 260 g/mol. The predicted molar refractivity (Wildman–Crippen MR) is 66.2 cm³/mol. The van der Waals surface area contributed by atoms with Crippen molar-refractivity contribution in [2.75, 3.05) is 19.6 Å². The summed E-state index contributed by atoms with van der Waals surface area (Å²) in [5.74, 6) is 0. The molecule has 0 saturated heterocycles. The minimum atomic E-state index is -4.18. The summed E-state index contributed by atoms with van der Waals surface area (Å²) in [6, 6.07) is 7.64. The van der Waals surface area contributed by atoms with Crippen molar-refractivity contribution in [1.29, 1.82) is 0 Å². The third-order valence-electron chi connectivity index (χ3n) is 2.69. The van der Waals surface area contributed by atoms with Crippen LogP contribution in [0, 0.1) is 0 Å². The van der Waals surface area contributed by atoms with E-state index in [1.807, 2.05) is 31.2 Å². The predicted octanol–water partition coefficient (Wildman–Crippen LogP) is 2.57. The van der Waals surface area contributed by atoms with Crippen LogP contribution < -0.4 is 5.73 Å². The lowest BCUT2D eigenvalue weighted by atomic mass is 10.1. The fourth-order valence-electron chi connectivity index (χ4n) is 1.79. The maximum atomic E-state index is 12.4. The second-order valence-electron chi connectivity index (χ2n) is 4.28. The monoisotopic (exact) mass is 260 g/mol. The number of alkyl halides is 3. The van der Waals surface area contributed by atoms with E-state index in [4.69, 9.17) is 5.73 Å². The van der Waals surface area contributed by atoms with E-state index in [9.17, 15) is 13.2 Å². The maximum Gasteiger partial charge on any atom is 0.401 e. The third kappa shape index (κ3) is 5.51. The summed E-state index contributed by atoms with van der Waals surface area (Å²) in [6.45, 7) is 1.87. The Morgan fingerprint density at radius 2 is 1.67 bits per heavy atom. The number of benzene rings is 1. The highest BCUT2D eigenvalue weighted by atomic mass is 19.4. The van der Waals surface area contributed by atoms with Gasteiger partial charge in [-0.2, -0.15) is 13.2 Å². The van der Waals surface area contributed by atoms with Crippen molar-refractivity contribution in [3.63, 3.8) is 0 Å². The Bertz CT molecular complexity index is 346. The molecule has 1 aromatic rings. The maximum absolute atomic E-state index is 12.4. The molecule has 0 aliphatic heterocycles. The van der Waals surface area contributed by atoms with E-state index in [2.05, 4.69) is 0 Å². The minimum Gasteiger partial charge on any atom is -0.329 e. The second kappa shape index (κ2) is 6.75. The summed E-state index contributed by atoms with van der Waals surface area (Å²) >= 11 is 0. The first-order valence-corrected chi connectivity index (χ1v) is 6.01. The zero-order chi connectivity index (χ0) is 13.6. The van der Waals surface area contributed by atoms with Crippen molar-refractivity contribution in [3.05, 3.63) is 35.4 Å². The van der Waals surface area contributed by atoms with Crippen LogP contribution in [0.1, 0.15) is 18.1 Å². The Balaban J connectivity index is 2.64. The fraction of sp³-hybridized carbons (Fsp3) is 0.538. The molecule has 0 aliphatic rings. The molecule has 1 aromatic carbocycles. The van der Waals surface area contributed by atoms with Crippen molar-refractivity contribution < 1.29 is 13.2 Å². The van der Waals surface area contributed by atoms with Crippen LogP contribution in [0.4, 0.5) is 13.2 Å². The van der Waals surface area contributed by atoms with E-state index in [1.54, 1.807) is 0 Å². The standard InChI is InChI=1S/C13H19F3N2/c1-2-11-3-5-12(6-4-11)9-18(8-7-17)10-13(14,15)16/h3-6H,2,7-10,17H2,1H3. The largest absolute Gasteiger partial charge is 0.401 e. The molecule has 5 heteroatoms. The smallest absolute Gasteiger partial charge is 0.329 e. The van der Waals surface area contributed by atoms with E-state index in [0.717, 1.165) is 12.0 Å². The molecule has 102 valence electrons. The lowest BCUT2D eigenvalue weighted by Crippen LogP contribution is -2.37. The van der Waals surface area contributed by atoms with Crippen LogP contribution in [0.25, 0.3) is 0 Å². The van der Waals surface area contributed by atoms with Gasteiger partial charge in [-0.1, -0.05) is 31.2 Å². The van der Waals surface area contributed by atoms with Gasteiger partial charge in [-0.05, 0) is 17.5 Å². The highest BCUT2D eigenvalue weighted by Gasteiger charge is 2.30. The van der Waals surface area contributed by atoms with Crippen molar-refractivity contribution in [2.45, 2.75) is 26.1 Å². The molecule has 0 saturated carbocycles. The molecule has 2 N–H and O–H groups in total. The van der Waals surface area contributed by atoms with Gasteiger partial charge in [0.2, 0.25) is 0 Å². The summed E-state index contributed by atoms with van der Waals surface area (Å²) in [5, 5.41) is 0. The fourth-order valence-corrected chi connectivity index (χ4v) is 1.79. The van der Waals surface area contributed by atoms with Gasteiger partial charge in [-0.15, -0.1) is 0 Å². The molecule has 1 rings (SSSR count). The SMILES string of the molecule is CCc1ccc(CN(CCN)CC(F)(F)F)cc1. The number of aryl methyl sites for hydroxylation is 1. The second-order valence-corrected chi connectivity index (χ2v) is 4.28. The molecule has 0 bridgehead atoms. The molecule has 0 radical (unpaired) electrons. The van der Waals surface area contributed by atoms with Gasteiger partial charge in [0.05, 0.1) is 6.54 Å². The molecule has 18 heavy (non-hydrogen) atoms. The van der Waals surface area contributed by atoms with Gasteiger partial charge in [0.15, 0.2) is 0 Å². The van der Waals surface area contributed by atoms with Gasteiger partial charge in [-0.3, -0.25) is 4.90 Å². The summed E-state index contributed by atoms with van der Waals surface area (Å²) in [7, 11) is 0. The molecule has 0 aromatic heterocycles. The molecular formula is C13H19F3N2. The number of halogens is 3. The topological polar surface area (TPSA) is 29.3 Å². The van der Waals surface area contributed by atoms with Crippen molar-refractivity contribution in [1.82, 2.24) is 4.90 Å². The van der Waals surface area contributed by atoms with Gasteiger partial charge in [0.1, 0.15) is 0 Å². The quantitative estimate of drug-likeness (QED) is 0.851. The third-order valence-corrected chi connectivity index (χ3v) is 2.69. The molecule has 0 spiro atoms. The Hall–Kier alpha value is -1.07. The zero-order valence-corrected chi connectivity index (χ0v) is 10.5. The molecule has 0 fully saturated rings. The lowest BCUT2D eigenvalue weighted by molar-refractivity contribution is -0.146. The summed E-state index contributed by atoms with van der Waals surface area (Å²) in [6.07, 6.45) is -3.26. The normalized spacial score (nSPS) is 12.1. The van der Waals surface area contributed by atoms with E-state index < -0.39 is 12.7 Å². The number of nitrogens with two attached hydrogens (primary N) is 1. The summed E-state index contributed by atoms with van der Waals surface area (Å²) < 4.78 is 37.1. The van der Waals surface area contributed by atoms with E-state index in [-0.39, 0.29) is 19.6 Å². The Morgan fingerprint density at radius 1 is 1.11 bits per heavy atom. The van der Waals surface area contributed by atoms with Crippen LogP contribution in [0.2, 0.25) is 0 Å². The number of hydrogen-bond acceptors (Lipinski definition) is 2. The van der Waals surface area contributed by atoms with Crippen LogP contribution in [0.15, 0.2) is 24.3 Å². The van der Waals surface area contributed by atoms with Gasteiger partial charge >= 0.3 is 6.18 Å². The van der Waals surface area contributed by atoms with Crippen LogP contribution in [0.3, 0.4) is 0 Å². The average Bonchev–Trinajstić information content (AvgIpc) is 2.28. The molecule has 0 amide bonds. The highest BCUT2D eigenvalue weighted by Crippen LogP contribution is 2.18. The molecule has 0 atom stereocenters.